The molecular formula is C24H18FN3O4. The molecule has 160 valence electrons. The van der Waals surface area contributed by atoms with Gasteiger partial charge in [-0.15, -0.1) is 0 Å². The van der Waals surface area contributed by atoms with E-state index in [1.165, 1.54) is 48.5 Å². The Hall–Kier alpha value is -4.33. The number of non-ortho nitro benzene ring substituents is 1. The van der Waals surface area contributed by atoms with E-state index in [0.717, 1.165) is 10.5 Å². The van der Waals surface area contributed by atoms with E-state index < -0.39 is 22.6 Å². The van der Waals surface area contributed by atoms with Crippen LogP contribution in [-0.2, 0) is 16.1 Å². The highest BCUT2D eigenvalue weighted by Gasteiger charge is 2.39. The predicted molar refractivity (Wildman–Crippen MR) is 117 cm³/mol. The van der Waals surface area contributed by atoms with Crippen molar-refractivity contribution in [3.63, 3.8) is 0 Å². The molecule has 1 aliphatic rings. The number of hydrogen-bond acceptors (Lipinski definition) is 5. The topological polar surface area (TPSA) is 92.6 Å². The van der Waals surface area contributed by atoms with Crippen LogP contribution in [0.15, 0.2) is 78.5 Å². The largest absolute Gasteiger partial charge is 0.350 e. The van der Waals surface area contributed by atoms with E-state index in [1.807, 2.05) is 19.1 Å². The molecule has 0 spiro atoms. The first-order valence-electron chi connectivity index (χ1n) is 9.77. The van der Waals surface area contributed by atoms with Gasteiger partial charge >= 0.3 is 0 Å². The number of nitrogens with one attached hydrogen (secondary N) is 1. The Morgan fingerprint density at radius 2 is 1.53 bits per heavy atom. The zero-order valence-corrected chi connectivity index (χ0v) is 17.0. The quantitative estimate of drug-likeness (QED) is 0.354. The lowest BCUT2D eigenvalue weighted by Crippen LogP contribution is -2.32. The summed E-state index contributed by atoms with van der Waals surface area (Å²) < 4.78 is 13.2. The van der Waals surface area contributed by atoms with Gasteiger partial charge in [-0.1, -0.05) is 29.8 Å². The molecule has 0 saturated heterocycles. The van der Waals surface area contributed by atoms with Crippen LogP contribution in [0.4, 0.5) is 15.8 Å². The van der Waals surface area contributed by atoms with Crippen LogP contribution in [0.25, 0.3) is 5.57 Å². The van der Waals surface area contributed by atoms with Crippen molar-refractivity contribution in [1.82, 2.24) is 4.90 Å². The fourth-order valence-corrected chi connectivity index (χ4v) is 3.41. The maximum atomic E-state index is 13.3. The monoisotopic (exact) mass is 431 g/mol. The van der Waals surface area contributed by atoms with Crippen molar-refractivity contribution in [2.24, 2.45) is 0 Å². The van der Waals surface area contributed by atoms with E-state index in [0.29, 0.717) is 16.8 Å². The maximum absolute atomic E-state index is 13.3. The molecule has 3 aromatic carbocycles. The molecule has 1 N–H and O–H groups in total. The first kappa shape index (κ1) is 20.9. The fraction of sp³-hybridized carbons (Fsp3) is 0.0833. The molecule has 0 bridgehead atoms. The van der Waals surface area contributed by atoms with Crippen LogP contribution < -0.4 is 5.32 Å². The number of amides is 2. The van der Waals surface area contributed by atoms with Crippen molar-refractivity contribution in [2.45, 2.75) is 13.5 Å². The third-order valence-corrected chi connectivity index (χ3v) is 5.11. The van der Waals surface area contributed by atoms with Crippen LogP contribution in [0, 0.1) is 22.9 Å². The Kier molecular flexibility index (Phi) is 5.51. The number of carbonyl (C=O) groups is 2. The number of imide groups is 1. The molecule has 0 atom stereocenters. The summed E-state index contributed by atoms with van der Waals surface area (Å²) in [6.07, 6.45) is 0. The van der Waals surface area contributed by atoms with Gasteiger partial charge in [0.2, 0.25) is 0 Å². The van der Waals surface area contributed by atoms with Gasteiger partial charge < -0.3 is 5.32 Å². The highest BCUT2D eigenvalue weighted by atomic mass is 19.1. The van der Waals surface area contributed by atoms with Gasteiger partial charge in [0.15, 0.2) is 0 Å². The molecule has 0 aromatic heterocycles. The molecule has 0 aliphatic carbocycles. The summed E-state index contributed by atoms with van der Waals surface area (Å²) in [5, 5.41) is 14.0. The molecule has 8 heteroatoms. The van der Waals surface area contributed by atoms with Crippen LogP contribution in [0.1, 0.15) is 16.7 Å². The van der Waals surface area contributed by atoms with E-state index in [-0.39, 0.29) is 23.5 Å². The van der Waals surface area contributed by atoms with Gasteiger partial charge in [-0.2, -0.15) is 0 Å². The first-order chi connectivity index (χ1) is 15.3. The van der Waals surface area contributed by atoms with Crippen molar-refractivity contribution >= 4 is 28.8 Å². The smallest absolute Gasteiger partial charge is 0.278 e. The third-order valence-electron chi connectivity index (χ3n) is 5.11. The average molecular weight is 431 g/mol. The minimum absolute atomic E-state index is 0.0342. The highest BCUT2D eigenvalue weighted by molar-refractivity contribution is 6.36. The lowest BCUT2D eigenvalue weighted by atomic mass is 10.0. The summed E-state index contributed by atoms with van der Waals surface area (Å²) in [4.78, 5) is 38.0. The first-order valence-corrected chi connectivity index (χ1v) is 9.77. The van der Waals surface area contributed by atoms with Crippen molar-refractivity contribution in [3.05, 3.63) is 111 Å². The standard InChI is InChI=1S/C24H18FN3O4/c1-15-2-10-19(11-3-15)26-22-21(17-6-12-20(13-7-17)28(31)32)23(29)27(24(22)30)14-16-4-8-18(25)9-5-16/h2-13,26H,14H2,1H3. The number of benzene rings is 3. The van der Waals surface area contributed by atoms with Gasteiger partial charge in [-0.05, 0) is 54.4 Å². The maximum Gasteiger partial charge on any atom is 0.278 e. The summed E-state index contributed by atoms with van der Waals surface area (Å²) in [6.45, 7) is 1.90. The number of nitro groups is 1. The zero-order chi connectivity index (χ0) is 22.8. The van der Waals surface area contributed by atoms with Crippen molar-refractivity contribution in [3.8, 4) is 0 Å². The van der Waals surface area contributed by atoms with Gasteiger partial charge in [-0.25, -0.2) is 4.39 Å². The van der Waals surface area contributed by atoms with Crippen LogP contribution in [0.5, 0.6) is 0 Å². The number of carbonyl (C=O) groups excluding carboxylic acids is 2. The van der Waals surface area contributed by atoms with Crippen LogP contribution in [-0.4, -0.2) is 21.6 Å². The molecule has 0 radical (unpaired) electrons. The minimum Gasteiger partial charge on any atom is -0.350 e. The number of halogens is 1. The van der Waals surface area contributed by atoms with Crippen molar-refractivity contribution < 1.29 is 18.9 Å². The van der Waals surface area contributed by atoms with Crippen molar-refractivity contribution in [1.29, 1.82) is 0 Å². The molecule has 7 nitrogen and oxygen atoms in total. The van der Waals surface area contributed by atoms with Crippen LogP contribution >= 0.6 is 0 Å². The Morgan fingerprint density at radius 1 is 0.906 bits per heavy atom. The van der Waals surface area contributed by atoms with Gasteiger partial charge in [0.25, 0.3) is 17.5 Å². The summed E-state index contributed by atoms with van der Waals surface area (Å²) in [7, 11) is 0. The summed E-state index contributed by atoms with van der Waals surface area (Å²) in [6, 6.07) is 18.3. The van der Waals surface area contributed by atoms with Crippen LogP contribution in [0.3, 0.4) is 0 Å². The molecular weight excluding hydrogens is 413 g/mol. The minimum atomic E-state index is -0.539. The Balaban J connectivity index is 1.73. The van der Waals surface area contributed by atoms with Gasteiger partial charge in [0.05, 0.1) is 17.0 Å². The second kappa shape index (κ2) is 8.43. The fourth-order valence-electron chi connectivity index (χ4n) is 3.41. The number of hydrogen-bond donors (Lipinski definition) is 1. The van der Waals surface area contributed by atoms with Crippen molar-refractivity contribution in [2.75, 3.05) is 5.32 Å². The zero-order valence-electron chi connectivity index (χ0n) is 17.0. The molecule has 2 amide bonds. The summed E-state index contributed by atoms with van der Waals surface area (Å²) >= 11 is 0. The molecule has 0 unspecified atom stereocenters. The van der Waals surface area contributed by atoms with Crippen LogP contribution in [0.2, 0.25) is 0 Å². The molecule has 0 saturated carbocycles. The molecule has 3 aromatic rings. The second-order valence-electron chi connectivity index (χ2n) is 7.37. The molecule has 32 heavy (non-hydrogen) atoms. The van der Waals surface area contributed by atoms with Gasteiger partial charge in [0.1, 0.15) is 11.5 Å². The lowest BCUT2D eigenvalue weighted by Gasteiger charge is -2.15. The summed E-state index contributed by atoms with van der Waals surface area (Å²) in [5.41, 5.74) is 2.70. The van der Waals surface area contributed by atoms with E-state index in [2.05, 4.69) is 5.32 Å². The number of nitrogens with zero attached hydrogens (tertiary/aromatic N) is 2. The van der Waals surface area contributed by atoms with E-state index in [4.69, 9.17) is 0 Å². The second-order valence-corrected chi connectivity index (χ2v) is 7.37. The SMILES string of the molecule is Cc1ccc(NC2=C(c3ccc([N+](=O)[O-])cc3)C(=O)N(Cc3ccc(F)cc3)C2=O)cc1. The third kappa shape index (κ3) is 4.11. The predicted octanol–water partition coefficient (Wildman–Crippen LogP) is 4.43. The molecule has 4 rings (SSSR count). The number of nitro benzene ring substituents is 1. The molecule has 1 heterocycles. The summed E-state index contributed by atoms with van der Waals surface area (Å²) in [5.74, 6) is -1.49. The molecule has 0 fully saturated rings. The average Bonchev–Trinajstić information content (AvgIpc) is 3.01. The van der Waals surface area contributed by atoms with Gasteiger partial charge in [0, 0.05) is 17.8 Å². The number of rotatable bonds is 6. The number of anilines is 1. The Labute approximate surface area is 182 Å². The Morgan fingerprint density at radius 3 is 2.12 bits per heavy atom. The Bertz CT molecular complexity index is 1230. The highest BCUT2D eigenvalue weighted by Crippen LogP contribution is 2.32. The normalized spacial score (nSPS) is 13.6. The molecule has 1 aliphatic heterocycles. The van der Waals surface area contributed by atoms with E-state index in [9.17, 15) is 24.1 Å². The number of aryl methyl sites for hydroxylation is 1. The van der Waals surface area contributed by atoms with Gasteiger partial charge in [-0.3, -0.25) is 24.6 Å². The van der Waals surface area contributed by atoms with E-state index in [1.54, 1.807) is 12.1 Å². The van der Waals surface area contributed by atoms with E-state index >= 15 is 0 Å². The lowest BCUT2D eigenvalue weighted by molar-refractivity contribution is -0.384.